The van der Waals surface area contributed by atoms with E-state index in [4.69, 9.17) is 0 Å². The lowest BCUT2D eigenvalue weighted by Crippen LogP contribution is -2.51. The number of piperidine rings is 1. The zero-order valence-electron chi connectivity index (χ0n) is 21.9. The first-order chi connectivity index (χ1) is 18.9. The number of halogens is 1. The maximum atomic E-state index is 14.5. The van der Waals surface area contributed by atoms with E-state index in [1.165, 1.54) is 12.1 Å². The van der Waals surface area contributed by atoms with Crippen molar-refractivity contribution in [2.24, 2.45) is 5.92 Å². The zero-order valence-corrected chi connectivity index (χ0v) is 21.9. The van der Waals surface area contributed by atoms with Gasteiger partial charge in [-0.05, 0) is 49.4 Å². The molecule has 1 aromatic heterocycles. The molecule has 2 saturated heterocycles. The Bertz CT molecular complexity index is 1500. The molecule has 0 atom stereocenters. The van der Waals surface area contributed by atoms with Crippen LogP contribution in [0.3, 0.4) is 0 Å². The van der Waals surface area contributed by atoms with Gasteiger partial charge in [0.1, 0.15) is 5.82 Å². The van der Waals surface area contributed by atoms with Gasteiger partial charge in [0.25, 0.3) is 5.91 Å². The van der Waals surface area contributed by atoms with Gasteiger partial charge in [-0.15, -0.1) is 0 Å². The average Bonchev–Trinajstić information content (AvgIpc) is 3.78. The Morgan fingerprint density at radius 1 is 0.923 bits per heavy atom. The van der Waals surface area contributed by atoms with E-state index < -0.39 is 0 Å². The predicted octanol–water partition coefficient (Wildman–Crippen LogP) is 4.19. The average molecular weight is 527 g/mol. The Morgan fingerprint density at radius 2 is 1.64 bits per heavy atom. The Morgan fingerprint density at radius 3 is 2.38 bits per heavy atom. The minimum absolute atomic E-state index is 0.135. The summed E-state index contributed by atoms with van der Waals surface area (Å²) < 4.78 is 14.5. The number of hydrogen-bond acceptors (Lipinski definition) is 5. The van der Waals surface area contributed by atoms with Gasteiger partial charge in [0, 0.05) is 74.2 Å². The number of piperazine rings is 1. The summed E-state index contributed by atoms with van der Waals surface area (Å²) in [5.74, 6) is 0.0727. The van der Waals surface area contributed by atoms with Crippen LogP contribution in [0.25, 0.3) is 10.9 Å². The number of anilines is 1. The van der Waals surface area contributed by atoms with Crippen LogP contribution in [-0.4, -0.2) is 71.6 Å². The van der Waals surface area contributed by atoms with Crippen molar-refractivity contribution in [2.45, 2.75) is 37.5 Å². The first-order valence-electron chi connectivity index (χ1n) is 14.0. The van der Waals surface area contributed by atoms with E-state index in [1.807, 2.05) is 23.1 Å². The minimum atomic E-state index is -0.369. The van der Waals surface area contributed by atoms with Gasteiger partial charge in [0.2, 0.25) is 5.91 Å². The SMILES string of the molecule is O=C1CC2(CCN(c3c(C(=O)N4CCN(C(=O)C5CC5)CC4)cnc4ccc(F)cc34)CC2)c2ccccc21. The number of benzene rings is 2. The third-order valence-electron chi connectivity index (χ3n) is 9.17. The molecular weight excluding hydrogens is 495 g/mol. The summed E-state index contributed by atoms with van der Waals surface area (Å²) >= 11 is 0. The second kappa shape index (κ2) is 9.14. The number of pyridine rings is 1. The summed E-state index contributed by atoms with van der Waals surface area (Å²) in [6, 6.07) is 12.4. The molecule has 3 heterocycles. The van der Waals surface area contributed by atoms with E-state index in [1.54, 1.807) is 17.2 Å². The molecule has 2 aliphatic carbocycles. The maximum absolute atomic E-state index is 14.5. The molecule has 2 amide bonds. The number of carbonyl (C=O) groups is 3. The molecule has 200 valence electrons. The number of aromatic nitrogens is 1. The van der Waals surface area contributed by atoms with E-state index in [-0.39, 0.29) is 34.7 Å². The molecule has 0 unspecified atom stereocenters. The molecule has 2 aromatic carbocycles. The molecule has 8 heteroatoms. The fourth-order valence-electron chi connectivity index (χ4n) is 6.83. The van der Waals surface area contributed by atoms with Crippen molar-refractivity contribution in [3.8, 4) is 0 Å². The zero-order chi connectivity index (χ0) is 26.7. The first-order valence-corrected chi connectivity index (χ1v) is 14.0. The Balaban J connectivity index is 1.18. The third-order valence-corrected chi connectivity index (χ3v) is 9.17. The predicted molar refractivity (Wildman–Crippen MR) is 145 cm³/mol. The Labute approximate surface area is 226 Å². The van der Waals surface area contributed by atoms with E-state index in [0.29, 0.717) is 67.8 Å². The van der Waals surface area contributed by atoms with Gasteiger partial charge in [-0.3, -0.25) is 19.4 Å². The number of rotatable bonds is 3. The third kappa shape index (κ3) is 4.08. The van der Waals surface area contributed by atoms with Crippen LogP contribution < -0.4 is 4.90 Å². The van der Waals surface area contributed by atoms with E-state index in [9.17, 15) is 18.8 Å². The summed E-state index contributed by atoms with van der Waals surface area (Å²) in [5.41, 5.74) is 3.60. The van der Waals surface area contributed by atoms with Gasteiger partial charge < -0.3 is 14.7 Å². The topological polar surface area (TPSA) is 73.8 Å². The molecule has 1 spiro atoms. The lowest BCUT2D eigenvalue weighted by atomic mass is 9.73. The van der Waals surface area contributed by atoms with Gasteiger partial charge in [0.15, 0.2) is 5.78 Å². The summed E-state index contributed by atoms with van der Waals surface area (Å²) in [5, 5.41) is 0.627. The van der Waals surface area contributed by atoms with Gasteiger partial charge in [-0.2, -0.15) is 0 Å². The van der Waals surface area contributed by atoms with Crippen molar-refractivity contribution in [1.82, 2.24) is 14.8 Å². The Kier molecular flexibility index (Phi) is 5.68. The monoisotopic (exact) mass is 526 g/mol. The van der Waals surface area contributed by atoms with Crippen molar-refractivity contribution in [3.63, 3.8) is 0 Å². The van der Waals surface area contributed by atoms with Crippen LogP contribution >= 0.6 is 0 Å². The van der Waals surface area contributed by atoms with Gasteiger partial charge in [-0.1, -0.05) is 24.3 Å². The number of amides is 2. The van der Waals surface area contributed by atoms with Crippen molar-refractivity contribution in [2.75, 3.05) is 44.2 Å². The molecule has 7 rings (SSSR count). The quantitative estimate of drug-likeness (QED) is 0.512. The fourth-order valence-corrected chi connectivity index (χ4v) is 6.83. The number of ketones is 1. The Hall–Kier alpha value is -3.81. The normalized spacial score (nSPS) is 20.5. The number of hydrogen-bond donors (Lipinski definition) is 0. The second-order valence-electron chi connectivity index (χ2n) is 11.5. The lowest BCUT2D eigenvalue weighted by Gasteiger charge is -2.42. The van der Waals surface area contributed by atoms with Gasteiger partial charge >= 0.3 is 0 Å². The first kappa shape index (κ1) is 24.2. The standard InChI is InChI=1S/C31H31FN4O3/c32-21-7-8-26-23(17-21)28(34-11-9-31(10-12-34)18-27(37)22-3-1-2-4-25(22)31)24(19-33-26)30(39)36-15-13-35(14-16-36)29(38)20-5-6-20/h1-4,7-8,17,19-20H,5-6,9-16,18H2. The molecular formula is C31H31FN4O3. The molecule has 0 radical (unpaired) electrons. The highest BCUT2D eigenvalue weighted by atomic mass is 19.1. The number of carbonyl (C=O) groups excluding carboxylic acids is 3. The fraction of sp³-hybridized carbons (Fsp3) is 0.419. The highest BCUT2D eigenvalue weighted by molar-refractivity contribution is 6.07. The van der Waals surface area contributed by atoms with Gasteiger partial charge in [-0.25, -0.2) is 4.39 Å². The van der Waals surface area contributed by atoms with Crippen LogP contribution in [-0.2, 0) is 10.2 Å². The van der Waals surface area contributed by atoms with Crippen molar-refractivity contribution in [3.05, 3.63) is 71.2 Å². The number of nitrogens with zero attached hydrogens (tertiary/aromatic N) is 4. The van der Waals surface area contributed by atoms with Crippen LogP contribution in [0.5, 0.6) is 0 Å². The van der Waals surface area contributed by atoms with Crippen LogP contribution in [0, 0.1) is 11.7 Å². The van der Waals surface area contributed by atoms with Crippen LogP contribution in [0.1, 0.15) is 58.4 Å². The summed E-state index contributed by atoms with van der Waals surface area (Å²) in [7, 11) is 0. The van der Waals surface area contributed by atoms with Crippen LogP contribution in [0.4, 0.5) is 10.1 Å². The molecule has 7 nitrogen and oxygen atoms in total. The highest BCUT2D eigenvalue weighted by Crippen LogP contribution is 2.47. The van der Waals surface area contributed by atoms with Crippen LogP contribution in [0.2, 0.25) is 0 Å². The van der Waals surface area contributed by atoms with E-state index in [2.05, 4.69) is 16.0 Å². The molecule has 1 saturated carbocycles. The smallest absolute Gasteiger partial charge is 0.257 e. The second-order valence-corrected chi connectivity index (χ2v) is 11.5. The molecule has 4 aliphatic rings. The van der Waals surface area contributed by atoms with Crippen molar-refractivity contribution < 1.29 is 18.8 Å². The molecule has 3 aromatic rings. The number of Topliss-reactive ketones (excluding diaryl/α,β-unsaturated/α-hetero) is 1. The molecule has 3 fully saturated rings. The van der Waals surface area contributed by atoms with E-state index in [0.717, 1.165) is 36.8 Å². The maximum Gasteiger partial charge on any atom is 0.257 e. The summed E-state index contributed by atoms with van der Waals surface area (Å²) in [6.45, 7) is 3.32. The lowest BCUT2D eigenvalue weighted by molar-refractivity contribution is -0.134. The summed E-state index contributed by atoms with van der Waals surface area (Å²) in [4.78, 5) is 49.6. The molecule has 2 aliphatic heterocycles. The highest BCUT2D eigenvalue weighted by Gasteiger charge is 2.45. The molecule has 0 bridgehead atoms. The van der Waals surface area contributed by atoms with E-state index >= 15 is 0 Å². The van der Waals surface area contributed by atoms with Gasteiger partial charge in [0.05, 0.1) is 16.8 Å². The number of fused-ring (bicyclic) bond motifs is 3. The van der Waals surface area contributed by atoms with Crippen molar-refractivity contribution in [1.29, 1.82) is 0 Å². The van der Waals surface area contributed by atoms with Crippen molar-refractivity contribution >= 4 is 34.2 Å². The largest absolute Gasteiger partial charge is 0.370 e. The summed E-state index contributed by atoms with van der Waals surface area (Å²) in [6.07, 6.45) is 5.64. The van der Waals surface area contributed by atoms with Crippen LogP contribution in [0.15, 0.2) is 48.7 Å². The minimum Gasteiger partial charge on any atom is -0.370 e. The molecule has 0 N–H and O–H groups in total. The molecule has 39 heavy (non-hydrogen) atoms.